The maximum Gasteiger partial charge on any atom is 0.427 e. The highest BCUT2D eigenvalue weighted by molar-refractivity contribution is 6.01. The molecule has 0 radical (unpaired) electrons. The van der Waals surface area contributed by atoms with Crippen molar-refractivity contribution in [1.29, 1.82) is 0 Å². The second-order valence-electron chi connectivity index (χ2n) is 4.87. The predicted octanol–water partition coefficient (Wildman–Crippen LogP) is 2.51. The van der Waals surface area contributed by atoms with Crippen LogP contribution in [0, 0.1) is 5.92 Å². The molecule has 2 N–H and O–H groups in total. The number of amides is 2. The fourth-order valence-corrected chi connectivity index (χ4v) is 1.77. The first kappa shape index (κ1) is 15.0. The van der Waals surface area contributed by atoms with E-state index in [-0.39, 0.29) is 11.8 Å². The molecule has 0 atom stereocenters. The highest BCUT2D eigenvalue weighted by Gasteiger charge is 2.29. The van der Waals surface area contributed by atoms with Crippen LogP contribution in [0.1, 0.15) is 32.3 Å². The van der Waals surface area contributed by atoms with Gasteiger partial charge in [-0.3, -0.25) is 4.79 Å². The molecule has 1 aliphatic carbocycles. The highest BCUT2D eigenvalue weighted by Crippen LogP contribution is 2.30. The topological polar surface area (TPSA) is 79.8 Å². The molecule has 1 saturated carbocycles. The SMILES string of the molecule is CCOC(=O)N/N=C(\C)c1cccc(NC(=O)C2CC2)c1. The number of hydrogen-bond acceptors (Lipinski definition) is 4. The van der Waals surface area contributed by atoms with Gasteiger partial charge in [-0.1, -0.05) is 12.1 Å². The molecular formula is C15H19N3O3. The van der Waals surface area contributed by atoms with Crippen molar-refractivity contribution in [3.8, 4) is 0 Å². The zero-order valence-corrected chi connectivity index (χ0v) is 12.2. The molecule has 0 bridgehead atoms. The van der Waals surface area contributed by atoms with E-state index < -0.39 is 6.09 Å². The molecule has 2 amide bonds. The Labute approximate surface area is 123 Å². The van der Waals surface area contributed by atoms with Gasteiger partial charge in [-0.25, -0.2) is 10.2 Å². The van der Waals surface area contributed by atoms with Crippen molar-refractivity contribution in [2.75, 3.05) is 11.9 Å². The standard InChI is InChI=1S/C15H19N3O3/c1-3-21-15(20)18-17-10(2)12-5-4-6-13(9-12)16-14(19)11-7-8-11/h4-6,9,11H,3,7-8H2,1-2H3,(H,16,19)(H,18,20)/b17-10+. The van der Waals surface area contributed by atoms with Crippen LogP contribution in [0.25, 0.3) is 0 Å². The third-order valence-corrected chi connectivity index (χ3v) is 3.09. The Morgan fingerprint density at radius 2 is 2.14 bits per heavy atom. The quantitative estimate of drug-likeness (QED) is 0.645. The van der Waals surface area contributed by atoms with Gasteiger partial charge in [0.15, 0.2) is 0 Å². The van der Waals surface area contributed by atoms with Gasteiger partial charge in [0, 0.05) is 11.6 Å². The molecule has 1 aromatic rings. The van der Waals surface area contributed by atoms with E-state index in [4.69, 9.17) is 4.74 Å². The van der Waals surface area contributed by atoms with Gasteiger partial charge in [0.1, 0.15) is 0 Å². The van der Waals surface area contributed by atoms with E-state index in [1.54, 1.807) is 13.8 Å². The van der Waals surface area contributed by atoms with Crippen molar-refractivity contribution in [3.63, 3.8) is 0 Å². The van der Waals surface area contributed by atoms with Crippen molar-refractivity contribution in [2.24, 2.45) is 11.0 Å². The van der Waals surface area contributed by atoms with Crippen molar-refractivity contribution < 1.29 is 14.3 Å². The summed E-state index contributed by atoms with van der Waals surface area (Å²) in [5, 5.41) is 6.84. The maximum atomic E-state index is 11.7. The van der Waals surface area contributed by atoms with Gasteiger partial charge >= 0.3 is 6.09 Å². The number of ether oxygens (including phenoxy) is 1. The lowest BCUT2D eigenvalue weighted by Gasteiger charge is -2.07. The lowest BCUT2D eigenvalue weighted by Crippen LogP contribution is -2.20. The van der Waals surface area contributed by atoms with Crippen LogP contribution < -0.4 is 10.7 Å². The molecule has 1 aliphatic rings. The van der Waals surface area contributed by atoms with E-state index >= 15 is 0 Å². The van der Waals surface area contributed by atoms with Crippen molar-refractivity contribution in [1.82, 2.24) is 5.43 Å². The van der Waals surface area contributed by atoms with Gasteiger partial charge in [0.25, 0.3) is 0 Å². The first-order valence-corrected chi connectivity index (χ1v) is 6.98. The van der Waals surface area contributed by atoms with Crippen LogP contribution in [0.5, 0.6) is 0 Å². The average Bonchev–Trinajstić information content (AvgIpc) is 3.30. The highest BCUT2D eigenvalue weighted by atomic mass is 16.5. The Morgan fingerprint density at radius 1 is 1.38 bits per heavy atom. The summed E-state index contributed by atoms with van der Waals surface area (Å²) in [7, 11) is 0. The Balaban J connectivity index is 2.00. The molecule has 0 unspecified atom stereocenters. The van der Waals surface area contributed by atoms with Crippen molar-refractivity contribution in [2.45, 2.75) is 26.7 Å². The summed E-state index contributed by atoms with van der Waals surface area (Å²) in [4.78, 5) is 22.9. The summed E-state index contributed by atoms with van der Waals surface area (Å²) < 4.78 is 4.72. The van der Waals surface area contributed by atoms with Gasteiger partial charge in [-0.2, -0.15) is 5.10 Å². The Bertz CT molecular complexity index is 565. The third kappa shape index (κ3) is 4.59. The number of hydrazone groups is 1. The van der Waals surface area contributed by atoms with Gasteiger partial charge in [-0.05, 0) is 44.4 Å². The van der Waals surface area contributed by atoms with E-state index in [0.717, 1.165) is 24.1 Å². The number of hydrogen-bond donors (Lipinski definition) is 2. The Morgan fingerprint density at radius 3 is 2.81 bits per heavy atom. The average molecular weight is 289 g/mol. The first-order chi connectivity index (χ1) is 10.1. The zero-order chi connectivity index (χ0) is 15.2. The summed E-state index contributed by atoms with van der Waals surface area (Å²) >= 11 is 0. The monoisotopic (exact) mass is 289 g/mol. The van der Waals surface area contributed by atoms with Crippen LogP contribution in [0.3, 0.4) is 0 Å². The lowest BCUT2D eigenvalue weighted by atomic mass is 10.1. The van der Waals surface area contributed by atoms with E-state index in [0.29, 0.717) is 12.3 Å². The maximum absolute atomic E-state index is 11.7. The normalized spacial score (nSPS) is 14.5. The van der Waals surface area contributed by atoms with E-state index in [2.05, 4.69) is 15.8 Å². The summed E-state index contributed by atoms with van der Waals surface area (Å²) in [6.07, 6.45) is 1.35. The Kier molecular flexibility index (Phi) is 4.92. The largest absolute Gasteiger partial charge is 0.449 e. The number of benzene rings is 1. The van der Waals surface area contributed by atoms with E-state index in [1.807, 2.05) is 24.3 Å². The molecule has 6 heteroatoms. The van der Waals surface area contributed by atoms with E-state index in [9.17, 15) is 9.59 Å². The first-order valence-electron chi connectivity index (χ1n) is 6.98. The minimum absolute atomic E-state index is 0.0615. The second-order valence-corrected chi connectivity index (χ2v) is 4.87. The number of carbonyl (C=O) groups is 2. The molecule has 0 aliphatic heterocycles. The van der Waals surface area contributed by atoms with Gasteiger partial charge in [0.2, 0.25) is 5.91 Å². The molecule has 112 valence electrons. The number of nitrogens with zero attached hydrogens (tertiary/aromatic N) is 1. The summed E-state index contributed by atoms with van der Waals surface area (Å²) in [5.41, 5.74) is 4.49. The van der Waals surface area contributed by atoms with Crippen molar-refractivity contribution in [3.05, 3.63) is 29.8 Å². The zero-order valence-electron chi connectivity index (χ0n) is 12.2. The summed E-state index contributed by atoms with van der Waals surface area (Å²) in [6, 6.07) is 7.35. The van der Waals surface area contributed by atoms with Gasteiger partial charge in [-0.15, -0.1) is 0 Å². The number of rotatable bonds is 5. The molecule has 0 heterocycles. The van der Waals surface area contributed by atoms with Crippen LogP contribution >= 0.6 is 0 Å². The smallest absolute Gasteiger partial charge is 0.427 e. The lowest BCUT2D eigenvalue weighted by molar-refractivity contribution is -0.117. The number of carbonyl (C=O) groups excluding carboxylic acids is 2. The van der Waals surface area contributed by atoms with E-state index in [1.165, 1.54) is 0 Å². The molecule has 0 spiro atoms. The molecule has 21 heavy (non-hydrogen) atoms. The fraction of sp³-hybridized carbons (Fsp3) is 0.400. The molecule has 6 nitrogen and oxygen atoms in total. The van der Waals surface area contributed by atoms with Gasteiger partial charge in [0.05, 0.1) is 12.3 Å². The molecule has 0 aromatic heterocycles. The molecular weight excluding hydrogens is 270 g/mol. The number of anilines is 1. The fourth-order valence-electron chi connectivity index (χ4n) is 1.77. The minimum Gasteiger partial charge on any atom is -0.449 e. The Hall–Kier alpha value is -2.37. The van der Waals surface area contributed by atoms with Gasteiger partial charge < -0.3 is 10.1 Å². The van der Waals surface area contributed by atoms with Crippen LogP contribution in [-0.4, -0.2) is 24.3 Å². The second kappa shape index (κ2) is 6.88. The molecule has 1 fully saturated rings. The van der Waals surface area contributed by atoms with Crippen LogP contribution in [0.2, 0.25) is 0 Å². The summed E-state index contributed by atoms with van der Waals surface area (Å²) in [5.74, 6) is 0.222. The minimum atomic E-state index is -0.588. The summed E-state index contributed by atoms with van der Waals surface area (Å²) in [6.45, 7) is 3.79. The van der Waals surface area contributed by atoms with Crippen molar-refractivity contribution >= 4 is 23.4 Å². The number of nitrogens with one attached hydrogen (secondary N) is 2. The third-order valence-electron chi connectivity index (χ3n) is 3.09. The van der Waals surface area contributed by atoms with Crippen LogP contribution in [0.15, 0.2) is 29.4 Å². The molecule has 0 saturated heterocycles. The van der Waals surface area contributed by atoms with Crippen LogP contribution in [-0.2, 0) is 9.53 Å². The molecule has 2 rings (SSSR count). The van der Waals surface area contributed by atoms with Crippen LogP contribution in [0.4, 0.5) is 10.5 Å². The predicted molar refractivity (Wildman–Crippen MR) is 80.2 cm³/mol. The molecule has 1 aromatic carbocycles.